The molecular formula is C13H12ClN3O2S2. The third-order valence-electron chi connectivity index (χ3n) is 2.67. The van der Waals surface area contributed by atoms with Gasteiger partial charge < -0.3 is 0 Å². The molecule has 0 aliphatic carbocycles. The second-order valence-corrected chi connectivity index (χ2v) is 7.40. The third-order valence-corrected chi connectivity index (χ3v) is 5.47. The molecule has 0 fully saturated rings. The van der Waals surface area contributed by atoms with Gasteiger partial charge >= 0.3 is 0 Å². The number of benzene rings is 1. The number of aryl methyl sites for hydroxylation is 1. The number of sulfonamides is 1. The molecule has 0 unspecified atom stereocenters. The van der Waals surface area contributed by atoms with E-state index in [1.54, 1.807) is 0 Å². The minimum Gasteiger partial charge on any atom is -0.247 e. The van der Waals surface area contributed by atoms with Crippen LogP contribution in [0.1, 0.15) is 16.3 Å². The first-order valence-corrected chi connectivity index (χ1v) is 8.77. The lowest BCUT2D eigenvalue weighted by molar-refractivity contribution is 0.581. The molecule has 0 amide bonds. The van der Waals surface area contributed by atoms with Gasteiger partial charge in [0.1, 0.15) is 6.07 Å². The van der Waals surface area contributed by atoms with Gasteiger partial charge in [-0.25, -0.2) is 18.1 Å². The molecule has 1 aromatic carbocycles. The molecular weight excluding hydrogens is 330 g/mol. The lowest BCUT2D eigenvalue weighted by Gasteiger charge is -2.06. The molecule has 5 nitrogen and oxygen atoms in total. The zero-order valence-corrected chi connectivity index (χ0v) is 13.5. The Morgan fingerprint density at radius 1 is 1.48 bits per heavy atom. The van der Waals surface area contributed by atoms with Gasteiger partial charge in [0.25, 0.3) is 0 Å². The highest BCUT2D eigenvalue weighted by Gasteiger charge is 2.15. The van der Waals surface area contributed by atoms with Crippen molar-refractivity contribution in [3.8, 4) is 6.07 Å². The van der Waals surface area contributed by atoms with Crippen LogP contribution in [-0.2, 0) is 16.4 Å². The van der Waals surface area contributed by atoms with E-state index in [1.807, 2.05) is 18.4 Å². The van der Waals surface area contributed by atoms with Crippen LogP contribution in [-0.4, -0.2) is 19.9 Å². The van der Waals surface area contributed by atoms with Gasteiger partial charge in [0.05, 0.1) is 20.5 Å². The number of aromatic nitrogens is 1. The van der Waals surface area contributed by atoms with Crippen molar-refractivity contribution in [2.45, 2.75) is 18.2 Å². The Balaban J connectivity index is 2.05. The van der Waals surface area contributed by atoms with Gasteiger partial charge in [0.2, 0.25) is 10.0 Å². The van der Waals surface area contributed by atoms with E-state index in [2.05, 4.69) is 9.71 Å². The van der Waals surface area contributed by atoms with Crippen LogP contribution in [0.25, 0.3) is 0 Å². The summed E-state index contributed by atoms with van der Waals surface area (Å²) in [4.78, 5) is 4.31. The van der Waals surface area contributed by atoms with Crippen LogP contribution in [0.4, 0.5) is 0 Å². The van der Waals surface area contributed by atoms with Crippen LogP contribution >= 0.6 is 22.9 Å². The molecule has 110 valence electrons. The standard InChI is InChI=1S/C13H12ClN3O2S2/c1-9-8-20-13(17-9)4-5-16-21(18,19)11-3-2-10(7-15)12(14)6-11/h2-3,6,8,16H,4-5H2,1H3. The minimum atomic E-state index is -3.64. The highest BCUT2D eigenvalue weighted by atomic mass is 35.5. The molecule has 21 heavy (non-hydrogen) atoms. The second kappa shape index (κ2) is 6.54. The Morgan fingerprint density at radius 2 is 2.24 bits per heavy atom. The van der Waals surface area contributed by atoms with Gasteiger partial charge in [0, 0.05) is 24.0 Å². The van der Waals surface area contributed by atoms with Crippen molar-refractivity contribution in [1.29, 1.82) is 5.26 Å². The number of nitriles is 1. The Morgan fingerprint density at radius 3 is 2.81 bits per heavy atom. The van der Waals surface area contributed by atoms with Crippen LogP contribution in [0, 0.1) is 18.3 Å². The van der Waals surface area contributed by atoms with Crippen molar-refractivity contribution in [2.24, 2.45) is 0 Å². The maximum Gasteiger partial charge on any atom is 0.240 e. The number of nitrogens with zero attached hydrogens (tertiary/aromatic N) is 2. The summed E-state index contributed by atoms with van der Waals surface area (Å²) >= 11 is 7.35. The van der Waals surface area contributed by atoms with Crippen molar-refractivity contribution in [3.63, 3.8) is 0 Å². The van der Waals surface area contributed by atoms with Gasteiger partial charge in [-0.15, -0.1) is 11.3 Å². The van der Waals surface area contributed by atoms with Gasteiger partial charge in [0.15, 0.2) is 0 Å². The highest BCUT2D eigenvalue weighted by Crippen LogP contribution is 2.20. The van der Waals surface area contributed by atoms with E-state index in [0.29, 0.717) is 6.42 Å². The molecule has 2 rings (SSSR count). The fourth-order valence-electron chi connectivity index (χ4n) is 1.65. The molecule has 0 aliphatic rings. The number of hydrogen-bond acceptors (Lipinski definition) is 5. The lowest BCUT2D eigenvalue weighted by Crippen LogP contribution is -2.26. The second-order valence-electron chi connectivity index (χ2n) is 4.28. The molecule has 0 bridgehead atoms. The monoisotopic (exact) mass is 341 g/mol. The summed E-state index contributed by atoms with van der Waals surface area (Å²) in [6.07, 6.45) is 0.530. The van der Waals surface area contributed by atoms with Crippen LogP contribution in [0.15, 0.2) is 28.5 Å². The van der Waals surface area contributed by atoms with Crippen molar-refractivity contribution < 1.29 is 8.42 Å². The first-order chi connectivity index (χ1) is 9.92. The van der Waals surface area contributed by atoms with Crippen molar-refractivity contribution in [3.05, 3.63) is 44.9 Å². The Hall–Kier alpha value is -1.46. The number of nitrogens with one attached hydrogen (secondary N) is 1. The van der Waals surface area contributed by atoms with Crippen molar-refractivity contribution >= 4 is 33.0 Å². The van der Waals surface area contributed by atoms with E-state index in [-0.39, 0.29) is 22.0 Å². The molecule has 1 aromatic heterocycles. The molecule has 0 atom stereocenters. The molecule has 0 spiro atoms. The molecule has 0 saturated carbocycles. The first-order valence-electron chi connectivity index (χ1n) is 6.03. The van der Waals surface area contributed by atoms with E-state index in [0.717, 1.165) is 10.7 Å². The summed E-state index contributed by atoms with van der Waals surface area (Å²) in [6, 6.07) is 5.91. The number of rotatable bonds is 5. The van der Waals surface area contributed by atoms with Gasteiger partial charge in [-0.05, 0) is 25.1 Å². The Bertz CT molecular complexity index is 794. The maximum absolute atomic E-state index is 12.1. The van der Waals surface area contributed by atoms with Crippen LogP contribution in [0.2, 0.25) is 5.02 Å². The van der Waals surface area contributed by atoms with E-state index in [9.17, 15) is 8.42 Å². The van der Waals surface area contributed by atoms with Crippen LogP contribution < -0.4 is 4.72 Å². The molecule has 2 aromatic rings. The van der Waals surface area contributed by atoms with Gasteiger partial charge in [-0.1, -0.05) is 11.6 Å². The topological polar surface area (TPSA) is 82.9 Å². The number of hydrogen-bond donors (Lipinski definition) is 1. The smallest absolute Gasteiger partial charge is 0.240 e. The molecule has 8 heteroatoms. The summed E-state index contributed by atoms with van der Waals surface area (Å²) in [5.74, 6) is 0. The maximum atomic E-state index is 12.1. The minimum absolute atomic E-state index is 0.0434. The average molecular weight is 342 g/mol. The third kappa shape index (κ3) is 4.02. The summed E-state index contributed by atoms with van der Waals surface area (Å²) in [6.45, 7) is 2.15. The van der Waals surface area contributed by atoms with Crippen LogP contribution in [0.5, 0.6) is 0 Å². The lowest BCUT2D eigenvalue weighted by atomic mass is 10.2. The SMILES string of the molecule is Cc1csc(CCNS(=O)(=O)c2ccc(C#N)c(Cl)c2)n1. The van der Waals surface area contributed by atoms with E-state index < -0.39 is 10.0 Å². The summed E-state index contributed by atoms with van der Waals surface area (Å²) in [5.41, 5.74) is 1.17. The predicted molar refractivity (Wildman–Crippen MR) is 81.9 cm³/mol. The Kier molecular flexibility index (Phi) is 4.96. The Labute approximate surface area is 132 Å². The molecule has 0 aliphatic heterocycles. The zero-order valence-electron chi connectivity index (χ0n) is 11.1. The normalized spacial score (nSPS) is 11.3. The van der Waals surface area contributed by atoms with Crippen LogP contribution in [0.3, 0.4) is 0 Å². The molecule has 0 radical (unpaired) electrons. The number of thiazole rings is 1. The zero-order chi connectivity index (χ0) is 15.5. The van der Waals surface area contributed by atoms with Gasteiger partial charge in [-0.3, -0.25) is 0 Å². The van der Waals surface area contributed by atoms with E-state index in [1.165, 1.54) is 29.5 Å². The fourth-order valence-corrected chi connectivity index (χ4v) is 3.77. The van der Waals surface area contributed by atoms with E-state index >= 15 is 0 Å². The predicted octanol–water partition coefficient (Wildman–Crippen LogP) is 2.50. The van der Waals surface area contributed by atoms with Crippen molar-refractivity contribution in [1.82, 2.24) is 9.71 Å². The average Bonchev–Trinajstić information content (AvgIpc) is 2.84. The largest absolute Gasteiger partial charge is 0.247 e. The van der Waals surface area contributed by atoms with E-state index in [4.69, 9.17) is 16.9 Å². The first kappa shape index (κ1) is 15.9. The summed E-state index contributed by atoms with van der Waals surface area (Å²) in [5, 5.41) is 11.7. The fraction of sp³-hybridized carbons (Fsp3) is 0.231. The van der Waals surface area contributed by atoms with Gasteiger partial charge in [-0.2, -0.15) is 5.26 Å². The molecule has 1 N–H and O–H groups in total. The summed E-state index contributed by atoms with van der Waals surface area (Å²) < 4.78 is 26.7. The number of halogens is 1. The highest BCUT2D eigenvalue weighted by molar-refractivity contribution is 7.89. The molecule has 1 heterocycles. The summed E-state index contributed by atoms with van der Waals surface area (Å²) in [7, 11) is -3.64. The molecule has 0 saturated heterocycles. The van der Waals surface area contributed by atoms with Crippen molar-refractivity contribution in [2.75, 3.05) is 6.54 Å². The quantitative estimate of drug-likeness (QED) is 0.905.